The largest absolute Gasteiger partial charge is 0.505 e. The highest BCUT2D eigenvalue weighted by atomic mass is 32.2. The van der Waals surface area contributed by atoms with E-state index in [9.17, 15) is 31.8 Å². The molecule has 11 nitrogen and oxygen atoms in total. The normalized spacial score (nSPS) is 13.3. The third-order valence-electron chi connectivity index (χ3n) is 3.47. The van der Waals surface area contributed by atoms with Crippen molar-refractivity contribution < 1.29 is 40.9 Å². The molecule has 0 spiro atoms. The molecule has 154 valence electrons. The van der Waals surface area contributed by atoms with Gasteiger partial charge in [-0.25, -0.2) is 0 Å². The Labute approximate surface area is 165 Å². The lowest BCUT2D eigenvalue weighted by atomic mass is 10.1. The fraction of sp³-hybridized carbons (Fsp3) is 0.0625. The number of azo groups is 1. The third kappa shape index (κ3) is 5.23. The van der Waals surface area contributed by atoms with Crippen molar-refractivity contribution in [2.75, 3.05) is 0 Å². The van der Waals surface area contributed by atoms with E-state index in [1.807, 2.05) is 0 Å². The molecule has 0 fully saturated rings. The average Bonchev–Trinajstić information content (AvgIpc) is 2.61. The van der Waals surface area contributed by atoms with E-state index in [4.69, 9.17) is 9.11 Å². The molecule has 2 aromatic rings. The number of aliphatic hydroxyl groups is 1. The molecule has 0 atom stereocenters. The number of aliphatic hydroxyl groups excluding tert-OH is 1. The first-order valence-corrected chi connectivity index (χ1v) is 10.4. The number of hydrogen-bond donors (Lipinski definition) is 4. The van der Waals surface area contributed by atoms with Crippen LogP contribution in [0.4, 0.5) is 5.69 Å². The average molecular weight is 442 g/mol. The summed E-state index contributed by atoms with van der Waals surface area (Å²) in [5.41, 5.74) is -1.19. The predicted octanol–water partition coefficient (Wildman–Crippen LogP) is 2.49. The summed E-state index contributed by atoms with van der Waals surface area (Å²) < 4.78 is 63.7. The second kappa shape index (κ2) is 8.08. The fourth-order valence-electron chi connectivity index (χ4n) is 2.11. The van der Waals surface area contributed by atoms with Crippen molar-refractivity contribution >= 4 is 37.5 Å². The number of phenols is 1. The van der Waals surface area contributed by atoms with Gasteiger partial charge in [-0.15, -0.1) is 10.2 Å². The fourth-order valence-corrected chi connectivity index (χ4v) is 3.34. The van der Waals surface area contributed by atoms with Gasteiger partial charge in [0.05, 0.1) is 4.90 Å². The monoisotopic (exact) mass is 442 g/mol. The lowest BCUT2D eigenvalue weighted by Gasteiger charge is -2.07. The van der Waals surface area contributed by atoms with E-state index in [1.165, 1.54) is 12.1 Å². The van der Waals surface area contributed by atoms with Gasteiger partial charge in [-0.3, -0.25) is 13.9 Å². The number of carbonyl (C=O) groups is 1. The van der Waals surface area contributed by atoms with Crippen molar-refractivity contribution in [3.8, 4) is 5.75 Å². The van der Waals surface area contributed by atoms with Gasteiger partial charge in [0, 0.05) is 12.5 Å². The predicted molar refractivity (Wildman–Crippen MR) is 98.9 cm³/mol. The van der Waals surface area contributed by atoms with Crippen LogP contribution in [0.25, 0.3) is 5.76 Å². The highest BCUT2D eigenvalue weighted by Crippen LogP contribution is 2.37. The summed E-state index contributed by atoms with van der Waals surface area (Å²) in [6.45, 7) is 1.05. The number of rotatable bonds is 6. The first-order chi connectivity index (χ1) is 13.3. The molecule has 0 saturated carbocycles. The molecule has 0 unspecified atom stereocenters. The van der Waals surface area contributed by atoms with E-state index in [0.29, 0.717) is 12.1 Å². The second-order valence-corrected chi connectivity index (χ2v) is 8.37. The Bertz CT molecular complexity index is 1230. The number of allylic oxidation sites excluding steroid dienone is 1. The minimum absolute atomic E-state index is 0.200. The van der Waals surface area contributed by atoms with Gasteiger partial charge in [-0.05, 0) is 12.1 Å². The zero-order valence-corrected chi connectivity index (χ0v) is 16.2. The van der Waals surface area contributed by atoms with E-state index in [0.717, 1.165) is 6.92 Å². The molecule has 29 heavy (non-hydrogen) atoms. The highest BCUT2D eigenvalue weighted by Gasteiger charge is 2.24. The number of nitrogens with zero attached hydrogens (tertiary/aromatic N) is 2. The van der Waals surface area contributed by atoms with Gasteiger partial charge in [0.15, 0.2) is 23.0 Å². The molecule has 0 bridgehead atoms. The summed E-state index contributed by atoms with van der Waals surface area (Å²) in [7, 11) is -10.1. The topological polar surface area (TPSA) is 191 Å². The van der Waals surface area contributed by atoms with Gasteiger partial charge >= 0.3 is 0 Å². The Morgan fingerprint density at radius 2 is 1.55 bits per heavy atom. The molecule has 2 aromatic carbocycles. The molecular formula is C16H14N2O9S2. The van der Waals surface area contributed by atoms with Crippen LogP contribution in [0, 0.1) is 0 Å². The molecule has 0 aromatic heterocycles. The Morgan fingerprint density at radius 3 is 2.03 bits per heavy atom. The van der Waals surface area contributed by atoms with Gasteiger partial charge in [0.25, 0.3) is 20.2 Å². The van der Waals surface area contributed by atoms with Crippen LogP contribution in [0.2, 0.25) is 0 Å². The molecule has 0 heterocycles. The molecule has 0 amide bonds. The van der Waals surface area contributed by atoms with Crippen LogP contribution in [0.15, 0.2) is 68.2 Å². The smallest absolute Gasteiger partial charge is 0.298 e. The molecule has 13 heteroatoms. The van der Waals surface area contributed by atoms with Crippen LogP contribution >= 0.6 is 0 Å². The van der Waals surface area contributed by atoms with Crippen molar-refractivity contribution in [1.82, 2.24) is 0 Å². The van der Waals surface area contributed by atoms with Crippen LogP contribution in [-0.4, -0.2) is 41.9 Å². The summed E-state index contributed by atoms with van der Waals surface area (Å²) in [5, 5.41) is 27.1. The summed E-state index contributed by atoms with van der Waals surface area (Å²) >= 11 is 0. The van der Waals surface area contributed by atoms with E-state index in [-0.39, 0.29) is 5.56 Å². The number of carbonyl (C=O) groups excluding carboxylic acids is 1. The first kappa shape index (κ1) is 22.2. The zero-order valence-electron chi connectivity index (χ0n) is 14.6. The van der Waals surface area contributed by atoms with Crippen LogP contribution in [0.3, 0.4) is 0 Å². The van der Waals surface area contributed by atoms with Crippen molar-refractivity contribution in [1.29, 1.82) is 0 Å². The maximum Gasteiger partial charge on any atom is 0.298 e. The summed E-state index contributed by atoms with van der Waals surface area (Å²) in [6, 6.07) is 8.58. The molecule has 0 aliphatic rings. The Balaban J connectivity index is 2.71. The van der Waals surface area contributed by atoms with Crippen LogP contribution < -0.4 is 0 Å². The molecule has 0 saturated heterocycles. The standard InChI is InChI=1S/C16H14N2O9S2/c1-9(19)14(15(20)10-5-3-2-4-6-10)18-17-12-7-11(28(22,23)24)8-13(16(12)21)29(25,26)27/h2-8,20-21H,1H3,(H,22,23,24)(H,25,26,27). The third-order valence-corrected chi connectivity index (χ3v) is 5.17. The number of aromatic hydroxyl groups is 1. The van der Waals surface area contributed by atoms with Gasteiger partial charge < -0.3 is 10.2 Å². The van der Waals surface area contributed by atoms with Crippen LogP contribution in [-0.2, 0) is 25.0 Å². The molecule has 0 aliphatic heterocycles. The molecule has 0 aliphatic carbocycles. The Kier molecular flexibility index (Phi) is 6.18. The Morgan fingerprint density at radius 1 is 0.966 bits per heavy atom. The van der Waals surface area contributed by atoms with E-state index in [2.05, 4.69) is 10.2 Å². The minimum atomic E-state index is -5.11. The van der Waals surface area contributed by atoms with Crippen molar-refractivity contribution in [2.45, 2.75) is 16.7 Å². The SMILES string of the molecule is CC(=O)C(N=Nc1cc(S(=O)(=O)O)cc(S(=O)(=O)O)c1O)=C(O)c1ccccc1. The molecule has 0 radical (unpaired) electrons. The maximum absolute atomic E-state index is 11.8. The number of hydrogen-bond acceptors (Lipinski definition) is 9. The summed E-state index contributed by atoms with van der Waals surface area (Å²) in [4.78, 5) is 9.53. The van der Waals surface area contributed by atoms with Crippen molar-refractivity contribution in [3.05, 3.63) is 53.7 Å². The lowest BCUT2D eigenvalue weighted by molar-refractivity contribution is -0.113. The number of benzene rings is 2. The van der Waals surface area contributed by atoms with Crippen molar-refractivity contribution in [3.63, 3.8) is 0 Å². The second-order valence-electron chi connectivity index (χ2n) is 5.56. The van der Waals surface area contributed by atoms with Crippen LogP contribution in [0.5, 0.6) is 5.75 Å². The van der Waals surface area contributed by atoms with Gasteiger partial charge in [-0.2, -0.15) is 16.8 Å². The highest BCUT2D eigenvalue weighted by molar-refractivity contribution is 7.86. The van der Waals surface area contributed by atoms with Gasteiger partial charge in [0.1, 0.15) is 10.6 Å². The van der Waals surface area contributed by atoms with Crippen molar-refractivity contribution in [2.24, 2.45) is 10.2 Å². The summed E-state index contributed by atoms with van der Waals surface area (Å²) in [6.07, 6.45) is 0. The molecular weight excluding hydrogens is 428 g/mol. The lowest BCUT2D eigenvalue weighted by Crippen LogP contribution is -2.04. The number of Topliss-reactive ketones (excluding diaryl/α,β-unsaturated/α-hetero) is 1. The van der Waals surface area contributed by atoms with Gasteiger partial charge in [-0.1, -0.05) is 30.3 Å². The maximum atomic E-state index is 11.8. The zero-order chi connectivity index (χ0) is 22.0. The van der Waals surface area contributed by atoms with E-state index >= 15 is 0 Å². The molecule has 2 rings (SSSR count). The number of phenolic OH excluding ortho intramolecular Hbond substituents is 1. The van der Waals surface area contributed by atoms with Gasteiger partial charge in [0.2, 0.25) is 0 Å². The first-order valence-electron chi connectivity index (χ1n) is 7.55. The summed E-state index contributed by atoms with van der Waals surface area (Å²) in [5.74, 6) is -2.52. The quantitative estimate of drug-likeness (QED) is 0.225. The Hall–Kier alpha value is -3.13. The van der Waals surface area contributed by atoms with Crippen LogP contribution in [0.1, 0.15) is 12.5 Å². The number of ketones is 1. The molecule has 4 N–H and O–H groups in total. The van der Waals surface area contributed by atoms with E-state index < -0.39 is 58.7 Å². The minimum Gasteiger partial charge on any atom is -0.505 e. The van der Waals surface area contributed by atoms with E-state index in [1.54, 1.807) is 18.2 Å².